The number of piperidine rings is 1. The van der Waals surface area contributed by atoms with Crippen LogP contribution >= 0.6 is 0 Å². The summed E-state index contributed by atoms with van der Waals surface area (Å²) in [5, 5.41) is 0. The molecular formula is C19H19FN6. The summed E-state index contributed by atoms with van der Waals surface area (Å²) in [6.07, 6.45) is 2.95. The summed E-state index contributed by atoms with van der Waals surface area (Å²) in [6.45, 7) is 8.70. The van der Waals surface area contributed by atoms with Crippen LogP contribution in [0.15, 0.2) is 42.7 Å². The van der Waals surface area contributed by atoms with Gasteiger partial charge >= 0.3 is 0 Å². The van der Waals surface area contributed by atoms with Gasteiger partial charge in [-0.25, -0.2) is 14.2 Å². The van der Waals surface area contributed by atoms with Gasteiger partial charge in [0.1, 0.15) is 6.17 Å². The van der Waals surface area contributed by atoms with E-state index in [0.717, 1.165) is 22.5 Å². The van der Waals surface area contributed by atoms with E-state index in [4.69, 9.17) is 17.3 Å². The largest absolute Gasteiger partial charge is 0.340 e. The van der Waals surface area contributed by atoms with Crippen molar-refractivity contribution in [2.75, 3.05) is 18.0 Å². The van der Waals surface area contributed by atoms with Gasteiger partial charge in [-0.3, -0.25) is 4.98 Å². The summed E-state index contributed by atoms with van der Waals surface area (Å²) in [5.41, 5.74) is 9.39. The summed E-state index contributed by atoms with van der Waals surface area (Å²) in [4.78, 5) is 14.5. The maximum atomic E-state index is 13.8. The van der Waals surface area contributed by atoms with Crippen molar-refractivity contribution in [2.45, 2.75) is 25.2 Å². The molecule has 132 valence electrons. The number of hydrogen-bond donors (Lipinski definition) is 1. The highest BCUT2D eigenvalue weighted by atomic mass is 19.1. The van der Waals surface area contributed by atoms with Crippen LogP contribution in [0.3, 0.4) is 0 Å². The Labute approximate surface area is 150 Å². The second kappa shape index (κ2) is 6.73. The first-order chi connectivity index (χ1) is 12.7. The van der Waals surface area contributed by atoms with Gasteiger partial charge in [0.05, 0.1) is 36.4 Å². The van der Waals surface area contributed by atoms with E-state index in [1.54, 1.807) is 12.4 Å². The van der Waals surface area contributed by atoms with Gasteiger partial charge in [0.2, 0.25) is 5.95 Å². The van der Waals surface area contributed by atoms with Gasteiger partial charge in [-0.15, -0.1) is 0 Å². The van der Waals surface area contributed by atoms with Crippen molar-refractivity contribution in [3.05, 3.63) is 59.7 Å². The van der Waals surface area contributed by atoms with Crippen molar-refractivity contribution in [2.24, 2.45) is 5.73 Å². The number of nitrogens with zero attached hydrogens (tertiary/aromatic N) is 5. The van der Waals surface area contributed by atoms with Crippen LogP contribution in [0.4, 0.5) is 16.0 Å². The number of pyridine rings is 1. The van der Waals surface area contributed by atoms with Gasteiger partial charge in [-0.2, -0.15) is 0 Å². The molecule has 0 amide bonds. The molecular weight excluding hydrogens is 331 g/mol. The molecule has 3 heterocycles. The Kier molecular flexibility index (Phi) is 4.27. The smallest absolute Gasteiger partial charge is 0.206 e. The molecule has 2 atom stereocenters. The van der Waals surface area contributed by atoms with Crippen LogP contribution in [0.2, 0.25) is 0 Å². The molecule has 7 heteroatoms. The standard InChI is InChI=1S/C19H19FN6/c1-22-14-4-2-13(3-5-14)11-26-18-10-23-8-6-17(18)24-19(26)25-9-7-15(20)16(21)12-25/h2-6,8,10,15-16H,7,9,11-12,21H2/t15-,16-/m1/s1. The van der Waals surface area contributed by atoms with Gasteiger partial charge in [-0.05, 0) is 18.1 Å². The number of imidazole rings is 1. The van der Waals surface area contributed by atoms with E-state index in [-0.39, 0.29) is 0 Å². The van der Waals surface area contributed by atoms with Gasteiger partial charge < -0.3 is 15.2 Å². The Morgan fingerprint density at radius 3 is 2.81 bits per heavy atom. The zero-order valence-electron chi connectivity index (χ0n) is 14.2. The van der Waals surface area contributed by atoms with Crippen LogP contribution in [0.1, 0.15) is 12.0 Å². The van der Waals surface area contributed by atoms with Crippen LogP contribution in [0.25, 0.3) is 15.9 Å². The Morgan fingerprint density at radius 2 is 2.08 bits per heavy atom. The number of benzene rings is 1. The van der Waals surface area contributed by atoms with E-state index in [1.807, 2.05) is 35.2 Å². The lowest BCUT2D eigenvalue weighted by atomic mass is 10.1. The maximum absolute atomic E-state index is 13.8. The third-order valence-electron chi connectivity index (χ3n) is 4.79. The average Bonchev–Trinajstić information content (AvgIpc) is 3.03. The minimum Gasteiger partial charge on any atom is -0.340 e. The van der Waals surface area contributed by atoms with E-state index in [1.165, 1.54) is 0 Å². The van der Waals surface area contributed by atoms with Gasteiger partial charge in [0.15, 0.2) is 5.69 Å². The van der Waals surface area contributed by atoms with Crippen LogP contribution in [0.5, 0.6) is 0 Å². The van der Waals surface area contributed by atoms with Gasteiger partial charge in [0.25, 0.3) is 0 Å². The maximum Gasteiger partial charge on any atom is 0.206 e. The van der Waals surface area contributed by atoms with E-state index in [2.05, 4.69) is 14.4 Å². The molecule has 0 spiro atoms. The first-order valence-electron chi connectivity index (χ1n) is 8.57. The Hall–Kier alpha value is -2.98. The molecule has 0 aliphatic carbocycles. The molecule has 0 radical (unpaired) electrons. The first kappa shape index (κ1) is 16.5. The fourth-order valence-corrected chi connectivity index (χ4v) is 3.35. The van der Waals surface area contributed by atoms with Crippen molar-refractivity contribution in [1.29, 1.82) is 0 Å². The van der Waals surface area contributed by atoms with E-state index in [0.29, 0.717) is 31.7 Å². The normalized spacial score (nSPS) is 20.3. The van der Waals surface area contributed by atoms with Gasteiger partial charge in [0, 0.05) is 19.3 Å². The lowest BCUT2D eigenvalue weighted by molar-refractivity contribution is 0.243. The zero-order chi connectivity index (χ0) is 18.1. The zero-order valence-corrected chi connectivity index (χ0v) is 14.2. The number of anilines is 1. The molecule has 3 aromatic rings. The lowest BCUT2D eigenvalue weighted by Gasteiger charge is -2.34. The highest BCUT2D eigenvalue weighted by molar-refractivity contribution is 5.78. The van der Waals surface area contributed by atoms with E-state index in [9.17, 15) is 4.39 Å². The molecule has 6 nitrogen and oxygen atoms in total. The fraction of sp³-hybridized carbons (Fsp3) is 0.316. The SMILES string of the molecule is [C-]#[N+]c1ccc(Cn2c(N3CC[C@@H](F)[C@H](N)C3)nc3ccncc32)cc1. The number of aromatic nitrogens is 3. The summed E-state index contributed by atoms with van der Waals surface area (Å²) in [5.74, 6) is 0.782. The molecule has 1 saturated heterocycles. The number of fused-ring (bicyclic) bond motifs is 1. The monoisotopic (exact) mass is 350 g/mol. The molecule has 0 saturated carbocycles. The topological polar surface area (TPSA) is 64.3 Å². The summed E-state index contributed by atoms with van der Waals surface area (Å²) in [6, 6.07) is 8.87. The molecule has 0 unspecified atom stereocenters. The molecule has 0 bridgehead atoms. The van der Waals surface area contributed by atoms with Crippen LogP contribution < -0.4 is 10.6 Å². The predicted molar refractivity (Wildman–Crippen MR) is 99.0 cm³/mol. The van der Waals surface area contributed by atoms with E-state index < -0.39 is 12.2 Å². The first-order valence-corrected chi connectivity index (χ1v) is 8.57. The summed E-state index contributed by atoms with van der Waals surface area (Å²) >= 11 is 0. The fourth-order valence-electron chi connectivity index (χ4n) is 3.35. The Morgan fingerprint density at radius 1 is 1.27 bits per heavy atom. The van der Waals surface area contributed by atoms with Crippen molar-refractivity contribution in [1.82, 2.24) is 14.5 Å². The van der Waals surface area contributed by atoms with Crippen molar-refractivity contribution in [3.63, 3.8) is 0 Å². The average molecular weight is 350 g/mol. The molecule has 2 N–H and O–H groups in total. The third-order valence-corrected chi connectivity index (χ3v) is 4.79. The summed E-state index contributed by atoms with van der Waals surface area (Å²) < 4.78 is 15.9. The number of alkyl halides is 1. The second-order valence-corrected chi connectivity index (χ2v) is 6.56. The molecule has 1 aliphatic heterocycles. The van der Waals surface area contributed by atoms with Gasteiger partial charge in [-0.1, -0.05) is 24.3 Å². The Balaban J connectivity index is 1.73. The number of rotatable bonds is 3. The van der Waals surface area contributed by atoms with E-state index >= 15 is 0 Å². The molecule has 26 heavy (non-hydrogen) atoms. The van der Waals surface area contributed by atoms with Crippen molar-refractivity contribution >= 4 is 22.7 Å². The molecule has 2 aromatic heterocycles. The number of halogens is 1. The summed E-state index contributed by atoms with van der Waals surface area (Å²) in [7, 11) is 0. The lowest BCUT2D eigenvalue weighted by Crippen LogP contribution is -2.50. The predicted octanol–water partition coefficient (Wildman–Crippen LogP) is 2.91. The Bertz CT molecular complexity index is 958. The molecule has 1 fully saturated rings. The third kappa shape index (κ3) is 3.00. The van der Waals surface area contributed by atoms with Crippen LogP contribution in [-0.2, 0) is 6.54 Å². The molecule has 1 aliphatic rings. The second-order valence-electron chi connectivity index (χ2n) is 6.56. The highest BCUT2D eigenvalue weighted by Gasteiger charge is 2.29. The van der Waals surface area contributed by atoms with Crippen LogP contribution in [0, 0.1) is 6.57 Å². The van der Waals surface area contributed by atoms with Crippen molar-refractivity contribution < 1.29 is 4.39 Å². The van der Waals surface area contributed by atoms with Crippen molar-refractivity contribution in [3.8, 4) is 0 Å². The minimum absolute atomic E-state index is 0.405. The van der Waals surface area contributed by atoms with Crippen LogP contribution in [-0.4, -0.2) is 39.8 Å². The molecule has 4 rings (SSSR count). The number of hydrogen-bond acceptors (Lipinski definition) is 4. The highest BCUT2D eigenvalue weighted by Crippen LogP contribution is 2.26. The number of nitrogens with two attached hydrogens (primary N) is 1. The molecule has 1 aromatic carbocycles. The quantitative estimate of drug-likeness (QED) is 0.738. The minimum atomic E-state index is -0.966.